The van der Waals surface area contributed by atoms with E-state index in [1.54, 1.807) is 24.5 Å². The molecule has 1 saturated carbocycles. The Morgan fingerprint density at radius 3 is 2.55 bits per heavy atom. The lowest BCUT2D eigenvalue weighted by Gasteiger charge is -2.26. The number of anilines is 1. The number of pyridine rings is 1. The second-order valence-electron chi connectivity index (χ2n) is 8.82. The first-order chi connectivity index (χ1) is 15.1. The van der Waals surface area contributed by atoms with Crippen molar-refractivity contribution in [2.75, 3.05) is 11.4 Å². The van der Waals surface area contributed by atoms with Crippen molar-refractivity contribution < 1.29 is 9.18 Å². The molecule has 0 unspecified atom stereocenters. The van der Waals surface area contributed by atoms with Crippen LogP contribution in [-0.4, -0.2) is 23.5 Å². The van der Waals surface area contributed by atoms with Crippen molar-refractivity contribution in [1.82, 2.24) is 4.98 Å². The van der Waals surface area contributed by atoms with Crippen molar-refractivity contribution in [3.05, 3.63) is 83.9 Å². The maximum Gasteiger partial charge on any atom is 0.244 e. The molecule has 158 valence electrons. The van der Waals surface area contributed by atoms with Crippen molar-refractivity contribution in [1.29, 1.82) is 0 Å². The minimum Gasteiger partial charge on any atom is -0.320 e. The lowest BCUT2D eigenvalue weighted by atomic mass is 9.80. The van der Waals surface area contributed by atoms with E-state index in [1.165, 1.54) is 11.6 Å². The number of nitrogens with two attached hydrogens (primary N) is 1. The van der Waals surface area contributed by atoms with Crippen molar-refractivity contribution in [2.24, 2.45) is 5.73 Å². The van der Waals surface area contributed by atoms with Crippen LogP contribution in [0.3, 0.4) is 0 Å². The Labute approximate surface area is 181 Å². The van der Waals surface area contributed by atoms with Crippen LogP contribution in [0.2, 0.25) is 0 Å². The van der Waals surface area contributed by atoms with E-state index in [0.29, 0.717) is 13.0 Å². The van der Waals surface area contributed by atoms with Crippen LogP contribution in [0.5, 0.6) is 0 Å². The summed E-state index contributed by atoms with van der Waals surface area (Å²) in [5.74, 6) is -0.284. The molecule has 2 aromatic carbocycles. The minimum atomic E-state index is -0.602. The van der Waals surface area contributed by atoms with E-state index < -0.39 is 6.04 Å². The third kappa shape index (κ3) is 3.63. The normalized spacial score (nSPS) is 17.7. The summed E-state index contributed by atoms with van der Waals surface area (Å²) in [6.07, 6.45) is 8.38. The van der Waals surface area contributed by atoms with Crippen LogP contribution in [0, 0.1) is 5.82 Å². The molecule has 2 heterocycles. The summed E-state index contributed by atoms with van der Waals surface area (Å²) < 4.78 is 13.8. The van der Waals surface area contributed by atoms with Crippen molar-refractivity contribution in [3.63, 3.8) is 0 Å². The lowest BCUT2D eigenvalue weighted by molar-refractivity contribution is -0.119. The molecule has 0 radical (unpaired) electrons. The number of carbonyl (C=O) groups is 1. The number of nitrogens with zero attached hydrogens (tertiary/aromatic N) is 2. The Morgan fingerprint density at radius 2 is 1.81 bits per heavy atom. The number of rotatable bonds is 4. The van der Waals surface area contributed by atoms with Gasteiger partial charge in [-0.15, -0.1) is 0 Å². The van der Waals surface area contributed by atoms with Gasteiger partial charge in [-0.1, -0.05) is 31.0 Å². The zero-order chi connectivity index (χ0) is 21.4. The summed E-state index contributed by atoms with van der Waals surface area (Å²) in [5.41, 5.74) is 11.3. The van der Waals surface area contributed by atoms with Gasteiger partial charge in [-0.05, 0) is 77.9 Å². The van der Waals surface area contributed by atoms with E-state index in [4.69, 9.17) is 5.73 Å². The van der Waals surface area contributed by atoms with Crippen LogP contribution in [0.25, 0.3) is 11.1 Å². The van der Waals surface area contributed by atoms with E-state index in [-0.39, 0.29) is 17.1 Å². The highest BCUT2D eigenvalue weighted by Gasteiger charge is 2.47. The van der Waals surface area contributed by atoms with Crippen LogP contribution in [-0.2, 0) is 16.6 Å². The Balaban J connectivity index is 1.48. The molecule has 4 nitrogen and oxygen atoms in total. The number of amides is 1. The fourth-order valence-electron chi connectivity index (χ4n) is 5.25. The van der Waals surface area contributed by atoms with Gasteiger partial charge in [0.05, 0.1) is 6.04 Å². The first-order valence-electron chi connectivity index (χ1n) is 10.9. The molecular weight excluding hydrogens is 389 g/mol. The second kappa shape index (κ2) is 7.89. The average Bonchev–Trinajstić information content (AvgIpc) is 3.39. The van der Waals surface area contributed by atoms with Gasteiger partial charge in [0.2, 0.25) is 5.91 Å². The van der Waals surface area contributed by atoms with Gasteiger partial charge in [0, 0.05) is 30.0 Å². The van der Waals surface area contributed by atoms with E-state index in [1.807, 2.05) is 35.2 Å². The van der Waals surface area contributed by atoms with Crippen LogP contribution < -0.4 is 10.6 Å². The number of hydrogen-bond acceptors (Lipinski definition) is 3. The zero-order valence-corrected chi connectivity index (χ0v) is 17.4. The molecule has 1 aliphatic heterocycles. The van der Waals surface area contributed by atoms with E-state index >= 15 is 0 Å². The molecule has 2 N–H and O–H groups in total. The molecule has 3 aromatic rings. The molecule has 5 heteroatoms. The maximum atomic E-state index is 13.8. The summed E-state index contributed by atoms with van der Waals surface area (Å²) in [6.45, 7) is 0.678. The molecule has 2 aliphatic rings. The van der Waals surface area contributed by atoms with Crippen molar-refractivity contribution in [3.8, 4) is 11.1 Å². The Bertz CT molecular complexity index is 1110. The van der Waals surface area contributed by atoms with Crippen molar-refractivity contribution >= 4 is 11.6 Å². The number of aromatic nitrogens is 1. The molecule has 1 amide bonds. The summed E-state index contributed by atoms with van der Waals surface area (Å²) in [7, 11) is 0. The standard InChI is InChI=1S/C26H26FN3O/c27-21-5-3-4-19(15-21)20-6-7-24-22(16-20)26(10-1-2-11-26)17-30(24)25(31)23(28)14-18-8-12-29-13-9-18/h3-9,12-13,15-16,23H,1-2,10-11,14,17,28H2/t23-/m1/s1. The fourth-order valence-corrected chi connectivity index (χ4v) is 5.25. The largest absolute Gasteiger partial charge is 0.320 e. The lowest BCUT2D eigenvalue weighted by Crippen LogP contribution is -2.46. The molecular formula is C26H26FN3O. The van der Waals surface area contributed by atoms with Gasteiger partial charge in [0.15, 0.2) is 0 Å². The topological polar surface area (TPSA) is 59.2 Å². The van der Waals surface area contributed by atoms with Gasteiger partial charge >= 0.3 is 0 Å². The average molecular weight is 416 g/mol. The van der Waals surface area contributed by atoms with E-state index in [2.05, 4.69) is 11.1 Å². The first-order valence-corrected chi connectivity index (χ1v) is 10.9. The molecule has 1 spiro atoms. The maximum absolute atomic E-state index is 13.8. The molecule has 5 rings (SSSR count). The molecule has 0 bridgehead atoms. The highest BCUT2D eigenvalue weighted by molar-refractivity contribution is 6.00. The van der Waals surface area contributed by atoms with Gasteiger partial charge < -0.3 is 10.6 Å². The Morgan fingerprint density at radius 1 is 1.06 bits per heavy atom. The third-order valence-corrected chi connectivity index (χ3v) is 6.83. The monoisotopic (exact) mass is 415 g/mol. The number of benzene rings is 2. The predicted octanol–water partition coefficient (Wildman–Crippen LogP) is 4.62. The summed E-state index contributed by atoms with van der Waals surface area (Å²) >= 11 is 0. The highest BCUT2D eigenvalue weighted by atomic mass is 19.1. The minimum absolute atomic E-state index is 0.0231. The van der Waals surface area contributed by atoms with Gasteiger partial charge in [0.25, 0.3) is 0 Å². The molecule has 1 aromatic heterocycles. The quantitative estimate of drug-likeness (QED) is 0.677. The number of hydrogen-bond donors (Lipinski definition) is 1. The summed E-state index contributed by atoms with van der Waals surface area (Å²) in [6, 6.07) is 16.0. The second-order valence-corrected chi connectivity index (χ2v) is 8.82. The van der Waals surface area contributed by atoms with Gasteiger partial charge in [-0.3, -0.25) is 9.78 Å². The number of fused-ring (bicyclic) bond motifs is 2. The Kier molecular flexibility index (Phi) is 5.06. The van der Waals surface area contributed by atoms with E-state index in [0.717, 1.165) is 48.1 Å². The molecule has 31 heavy (non-hydrogen) atoms. The number of carbonyl (C=O) groups excluding carboxylic acids is 1. The third-order valence-electron chi connectivity index (χ3n) is 6.83. The van der Waals surface area contributed by atoms with Crippen LogP contribution >= 0.6 is 0 Å². The smallest absolute Gasteiger partial charge is 0.244 e. The predicted molar refractivity (Wildman–Crippen MR) is 120 cm³/mol. The summed E-state index contributed by atoms with van der Waals surface area (Å²) in [4.78, 5) is 19.3. The fraction of sp³-hybridized carbons (Fsp3) is 0.308. The zero-order valence-electron chi connectivity index (χ0n) is 17.4. The van der Waals surface area contributed by atoms with Gasteiger partial charge in [-0.25, -0.2) is 4.39 Å². The summed E-state index contributed by atoms with van der Waals surface area (Å²) in [5, 5.41) is 0. The van der Waals surface area contributed by atoms with Crippen molar-refractivity contribution in [2.45, 2.75) is 43.6 Å². The molecule has 1 aliphatic carbocycles. The molecule has 1 atom stereocenters. The highest BCUT2D eigenvalue weighted by Crippen LogP contribution is 2.51. The molecule has 0 saturated heterocycles. The SMILES string of the molecule is N[C@H](Cc1ccncc1)C(=O)N1CC2(CCCC2)c2cc(-c3cccc(F)c3)ccc21. The number of halogens is 1. The van der Waals surface area contributed by atoms with Crippen LogP contribution in [0.4, 0.5) is 10.1 Å². The van der Waals surface area contributed by atoms with Gasteiger partial charge in [-0.2, -0.15) is 0 Å². The van der Waals surface area contributed by atoms with Crippen LogP contribution in [0.15, 0.2) is 67.0 Å². The first kappa shape index (κ1) is 19.9. The van der Waals surface area contributed by atoms with E-state index in [9.17, 15) is 9.18 Å². The molecule has 1 fully saturated rings. The van der Waals surface area contributed by atoms with Crippen LogP contribution in [0.1, 0.15) is 36.8 Å². The Hall–Kier alpha value is -3.05. The van der Waals surface area contributed by atoms with Gasteiger partial charge in [0.1, 0.15) is 5.82 Å².